The predicted molar refractivity (Wildman–Crippen MR) is 133 cm³/mol. The highest BCUT2D eigenvalue weighted by Crippen LogP contribution is 2.42. The van der Waals surface area contributed by atoms with Crippen molar-refractivity contribution in [1.82, 2.24) is 19.8 Å². The molecular weight excluding hydrogens is 412 g/mol. The van der Waals surface area contributed by atoms with Crippen LogP contribution in [-0.2, 0) is 13.5 Å². The van der Waals surface area contributed by atoms with Crippen LogP contribution in [0.5, 0.6) is 0 Å². The fourth-order valence-corrected chi connectivity index (χ4v) is 5.55. The number of H-pyrrole nitrogens is 1. The molecule has 2 aromatic heterocycles. The van der Waals surface area contributed by atoms with Crippen LogP contribution in [0.3, 0.4) is 0 Å². The molecule has 0 spiro atoms. The Balaban J connectivity index is 1.73. The van der Waals surface area contributed by atoms with Crippen LogP contribution in [0.1, 0.15) is 40.1 Å². The van der Waals surface area contributed by atoms with Gasteiger partial charge in [-0.25, -0.2) is 0 Å². The number of benzene rings is 3. The lowest BCUT2D eigenvalue weighted by atomic mass is 9.93. The number of imide groups is 1. The van der Waals surface area contributed by atoms with Crippen molar-refractivity contribution in [1.29, 1.82) is 0 Å². The van der Waals surface area contributed by atoms with E-state index in [4.69, 9.17) is 0 Å². The molecule has 1 aliphatic heterocycles. The van der Waals surface area contributed by atoms with E-state index in [1.54, 1.807) is 0 Å². The molecular formula is C27H26N4O2. The fourth-order valence-electron chi connectivity index (χ4n) is 5.55. The molecule has 166 valence electrons. The first-order valence-corrected chi connectivity index (χ1v) is 11.6. The van der Waals surface area contributed by atoms with E-state index >= 15 is 0 Å². The minimum Gasteiger partial charge on any atom is -0.354 e. The Hall–Kier alpha value is -3.64. The number of fused-ring (bicyclic) bond motifs is 10. The molecule has 2 amide bonds. The molecule has 0 saturated carbocycles. The van der Waals surface area contributed by atoms with Gasteiger partial charge in [-0.3, -0.25) is 14.9 Å². The molecule has 0 aliphatic carbocycles. The van der Waals surface area contributed by atoms with Gasteiger partial charge in [-0.15, -0.1) is 0 Å². The SMILES string of the molecule is CCN(CC)CCc1cccc2c1[nH]c1c3ccc4ccn(C)c4c3c3c(c21)C(=O)NC3=O. The van der Waals surface area contributed by atoms with Crippen LogP contribution in [0.4, 0.5) is 0 Å². The van der Waals surface area contributed by atoms with Gasteiger partial charge in [0.2, 0.25) is 0 Å². The first-order valence-electron chi connectivity index (χ1n) is 11.6. The Morgan fingerprint density at radius 1 is 0.879 bits per heavy atom. The third kappa shape index (κ3) is 2.70. The van der Waals surface area contributed by atoms with Gasteiger partial charge in [0.15, 0.2) is 0 Å². The summed E-state index contributed by atoms with van der Waals surface area (Å²) in [5.41, 5.74) is 5.14. The number of likely N-dealkylation sites (N-methyl/N-ethyl adjacent to an activating group) is 1. The maximum absolute atomic E-state index is 13.1. The number of carbonyl (C=O) groups excluding carboxylic acids is 2. The zero-order chi connectivity index (χ0) is 22.9. The van der Waals surface area contributed by atoms with Crippen LogP contribution in [0.2, 0.25) is 0 Å². The predicted octanol–water partition coefficient (Wildman–Crippen LogP) is 4.73. The Labute approximate surface area is 191 Å². The number of para-hydroxylation sites is 1. The molecule has 6 heteroatoms. The largest absolute Gasteiger partial charge is 0.354 e. The number of hydrogen-bond acceptors (Lipinski definition) is 3. The Morgan fingerprint density at radius 2 is 1.61 bits per heavy atom. The van der Waals surface area contributed by atoms with Gasteiger partial charge in [0, 0.05) is 52.2 Å². The monoisotopic (exact) mass is 438 g/mol. The van der Waals surface area contributed by atoms with E-state index in [0.717, 1.165) is 69.5 Å². The Kier molecular flexibility index (Phi) is 4.35. The zero-order valence-corrected chi connectivity index (χ0v) is 19.1. The van der Waals surface area contributed by atoms with Gasteiger partial charge >= 0.3 is 0 Å². The second-order valence-corrected chi connectivity index (χ2v) is 8.88. The standard InChI is InChI=1S/C27H26N4O2/c1-4-31(5-2)14-12-15-7-6-8-17-19-21-22(27(33)29-26(21)32)20-18(24(19)28-23(15)17)10-9-16-11-13-30(3)25(16)20/h6-11,13,28H,4-5,12,14H2,1-3H3,(H,29,32,33). The summed E-state index contributed by atoms with van der Waals surface area (Å²) in [6, 6.07) is 12.5. The number of nitrogens with zero attached hydrogens (tertiary/aromatic N) is 2. The summed E-state index contributed by atoms with van der Waals surface area (Å²) in [6.07, 6.45) is 2.91. The van der Waals surface area contributed by atoms with Crippen LogP contribution in [-0.4, -0.2) is 45.9 Å². The van der Waals surface area contributed by atoms with Gasteiger partial charge in [-0.1, -0.05) is 44.2 Å². The molecule has 0 fully saturated rings. The number of rotatable bonds is 5. The Bertz CT molecular complexity index is 1620. The van der Waals surface area contributed by atoms with Crippen LogP contribution < -0.4 is 5.32 Å². The lowest BCUT2D eigenvalue weighted by Crippen LogP contribution is -2.25. The number of amides is 2. The van der Waals surface area contributed by atoms with Crippen LogP contribution in [0, 0.1) is 0 Å². The quantitative estimate of drug-likeness (QED) is 0.390. The molecule has 0 bridgehead atoms. The molecule has 3 aromatic carbocycles. The summed E-state index contributed by atoms with van der Waals surface area (Å²) < 4.78 is 2.03. The molecule has 0 radical (unpaired) electrons. The number of aromatic amines is 1. The molecule has 1 aliphatic rings. The van der Waals surface area contributed by atoms with Gasteiger partial charge in [0.25, 0.3) is 11.8 Å². The van der Waals surface area contributed by atoms with E-state index in [1.165, 1.54) is 5.56 Å². The third-order valence-corrected chi connectivity index (χ3v) is 7.25. The van der Waals surface area contributed by atoms with Crippen molar-refractivity contribution in [2.24, 2.45) is 7.05 Å². The van der Waals surface area contributed by atoms with Gasteiger partial charge in [-0.2, -0.15) is 0 Å². The van der Waals surface area contributed by atoms with Crippen molar-refractivity contribution in [3.05, 3.63) is 59.3 Å². The molecule has 0 unspecified atom stereocenters. The van der Waals surface area contributed by atoms with Crippen LogP contribution in [0.25, 0.3) is 43.5 Å². The second kappa shape index (κ2) is 7.18. The molecule has 6 nitrogen and oxygen atoms in total. The Morgan fingerprint density at radius 3 is 2.36 bits per heavy atom. The van der Waals surface area contributed by atoms with Gasteiger partial charge in [-0.05, 0) is 31.1 Å². The van der Waals surface area contributed by atoms with Crippen molar-refractivity contribution in [2.45, 2.75) is 20.3 Å². The molecule has 3 heterocycles. The average molecular weight is 439 g/mol. The van der Waals surface area contributed by atoms with Crippen molar-refractivity contribution in [2.75, 3.05) is 19.6 Å². The normalized spacial score (nSPS) is 13.8. The molecule has 2 N–H and O–H groups in total. The summed E-state index contributed by atoms with van der Waals surface area (Å²) in [4.78, 5) is 32.2. The van der Waals surface area contributed by atoms with E-state index in [0.29, 0.717) is 11.1 Å². The second-order valence-electron chi connectivity index (χ2n) is 8.88. The van der Waals surface area contributed by atoms with Gasteiger partial charge < -0.3 is 14.5 Å². The molecule has 6 rings (SSSR count). The topological polar surface area (TPSA) is 70.1 Å². The molecule has 0 saturated heterocycles. The van der Waals surface area contributed by atoms with Crippen molar-refractivity contribution >= 4 is 55.3 Å². The van der Waals surface area contributed by atoms with E-state index < -0.39 is 0 Å². The van der Waals surface area contributed by atoms with Crippen molar-refractivity contribution in [3.8, 4) is 0 Å². The first-order chi connectivity index (χ1) is 16.0. The maximum atomic E-state index is 13.1. The highest BCUT2D eigenvalue weighted by atomic mass is 16.2. The molecule has 0 atom stereocenters. The van der Waals surface area contributed by atoms with Crippen molar-refractivity contribution in [3.63, 3.8) is 0 Å². The number of nitrogens with one attached hydrogen (secondary N) is 2. The average Bonchev–Trinajstić information content (AvgIpc) is 3.48. The maximum Gasteiger partial charge on any atom is 0.259 e. The minimum absolute atomic E-state index is 0.317. The first kappa shape index (κ1) is 20.0. The van der Waals surface area contributed by atoms with Crippen LogP contribution in [0.15, 0.2) is 42.6 Å². The lowest BCUT2D eigenvalue weighted by Gasteiger charge is -2.17. The minimum atomic E-state index is -0.317. The summed E-state index contributed by atoms with van der Waals surface area (Å²) in [5.74, 6) is -0.634. The number of hydrogen-bond donors (Lipinski definition) is 2. The third-order valence-electron chi connectivity index (χ3n) is 7.25. The summed E-state index contributed by atoms with van der Waals surface area (Å²) >= 11 is 0. The van der Waals surface area contributed by atoms with Gasteiger partial charge in [0.05, 0.1) is 22.2 Å². The highest BCUT2D eigenvalue weighted by molar-refractivity contribution is 6.39. The lowest BCUT2D eigenvalue weighted by molar-refractivity contribution is 0.0880. The zero-order valence-electron chi connectivity index (χ0n) is 19.1. The van der Waals surface area contributed by atoms with E-state index in [9.17, 15) is 9.59 Å². The van der Waals surface area contributed by atoms with E-state index in [-0.39, 0.29) is 11.8 Å². The highest BCUT2D eigenvalue weighted by Gasteiger charge is 2.34. The number of carbonyl (C=O) groups is 2. The van der Waals surface area contributed by atoms with Gasteiger partial charge in [0.1, 0.15) is 0 Å². The number of aryl methyl sites for hydroxylation is 1. The smallest absolute Gasteiger partial charge is 0.259 e. The van der Waals surface area contributed by atoms with Crippen molar-refractivity contribution < 1.29 is 9.59 Å². The summed E-state index contributed by atoms with van der Waals surface area (Å²) in [5, 5.41) is 7.25. The number of aromatic nitrogens is 2. The van der Waals surface area contributed by atoms with Crippen LogP contribution >= 0.6 is 0 Å². The van der Waals surface area contributed by atoms with E-state index in [2.05, 4.69) is 59.4 Å². The fraction of sp³-hybridized carbons (Fsp3) is 0.259. The van der Waals surface area contributed by atoms with E-state index in [1.807, 2.05) is 23.9 Å². The summed E-state index contributed by atoms with van der Waals surface area (Å²) in [6.45, 7) is 7.38. The summed E-state index contributed by atoms with van der Waals surface area (Å²) in [7, 11) is 1.98. The molecule has 5 aromatic rings. The molecule has 33 heavy (non-hydrogen) atoms.